The Bertz CT molecular complexity index is 1100. The molecule has 0 atom stereocenters. The van der Waals surface area contributed by atoms with Gasteiger partial charge in [0.05, 0.1) is 0 Å². The van der Waals surface area contributed by atoms with Crippen LogP contribution in [0.2, 0.25) is 26.2 Å². The summed E-state index contributed by atoms with van der Waals surface area (Å²) < 4.78 is 19.8. The van der Waals surface area contributed by atoms with Gasteiger partial charge in [-0.2, -0.15) is 0 Å². The molecule has 33 heavy (non-hydrogen) atoms. The molecule has 4 aromatic carbocycles. The lowest BCUT2D eigenvalue weighted by molar-refractivity contribution is 0.480. The van der Waals surface area contributed by atoms with E-state index in [0.29, 0.717) is 0 Å². The summed E-state index contributed by atoms with van der Waals surface area (Å²) in [5.41, 5.74) is 0. The van der Waals surface area contributed by atoms with Gasteiger partial charge in [0.1, 0.15) is 23.0 Å². The molecule has 5 heteroatoms. The average Bonchev–Trinajstić information content (AvgIpc) is 2.80. The second kappa shape index (κ2) is 9.79. The highest BCUT2D eigenvalue weighted by Crippen LogP contribution is 2.28. The van der Waals surface area contributed by atoms with Crippen molar-refractivity contribution in [2.24, 2.45) is 0 Å². The van der Waals surface area contributed by atoms with Gasteiger partial charge in [-0.05, 0) is 62.6 Å². The van der Waals surface area contributed by atoms with Gasteiger partial charge in [-0.1, -0.05) is 72.8 Å². The molecule has 0 amide bonds. The van der Waals surface area contributed by atoms with Crippen LogP contribution in [0.15, 0.2) is 109 Å². The van der Waals surface area contributed by atoms with E-state index in [4.69, 9.17) is 13.6 Å². The predicted molar refractivity (Wildman–Crippen MR) is 141 cm³/mol. The lowest BCUT2D eigenvalue weighted by Gasteiger charge is -2.36. The third-order valence-electron chi connectivity index (χ3n) is 5.25. The van der Waals surface area contributed by atoms with Crippen LogP contribution in [-0.2, 0) is 4.12 Å². The maximum absolute atomic E-state index is 7.07. The second-order valence-corrected chi connectivity index (χ2v) is 17.3. The van der Waals surface area contributed by atoms with Crippen molar-refractivity contribution in [2.45, 2.75) is 26.2 Å². The molecule has 0 unspecified atom stereocenters. The van der Waals surface area contributed by atoms with Crippen LogP contribution in [0.3, 0.4) is 0 Å². The van der Waals surface area contributed by atoms with Crippen molar-refractivity contribution in [1.29, 1.82) is 0 Å². The summed E-state index contributed by atoms with van der Waals surface area (Å²) in [6.45, 7) is 8.96. The molecular formula is C28H30O3Si2. The minimum Gasteiger partial charge on any atom is -0.457 e. The van der Waals surface area contributed by atoms with Gasteiger partial charge in [-0.3, -0.25) is 0 Å². The predicted octanol–water partition coefficient (Wildman–Crippen LogP) is 6.81. The number of hydrogen-bond acceptors (Lipinski definition) is 3. The molecule has 0 aliphatic rings. The van der Waals surface area contributed by atoms with Crippen LogP contribution >= 0.6 is 0 Å². The van der Waals surface area contributed by atoms with Crippen LogP contribution in [0.5, 0.6) is 23.0 Å². The first-order valence-electron chi connectivity index (χ1n) is 11.2. The zero-order valence-corrected chi connectivity index (χ0v) is 21.6. The average molecular weight is 471 g/mol. The fourth-order valence-electron chi connectivity index (χ4n) is 4.00. The zero-order valence-electron chi connectivity index (χ0n) is 19.6. The summed E-state index contributed by atoms with van der Waals surface area (Å²) in [7, 11) is -4.66. The summed E-state index contributed by atoms with van der Waals surface area (Å²) in [5, 5.41) is 2.20. The highest BCUT2D eigenvalue weighted by molar-refractivity contribution is 7.02. The smallest absolute Gasteiger partial charge is 0.249 e. The van der Waals surface area contributed by atoms with Gasteiger partial charge in [0.2, 0.25) is 8.32 Å². The van der Waals surface area contributed by atoms with Gasteiger partial charge in [0.15, 0.2) is 8.32 Å². The summed E-state index contributed by atoms with van der Waals surface area (Å²) in [5.74, 6) is 3.27. The van der Waals surface area contributed by atoms with Gasteiger partial charge in [-0.25, -0.2) is 0 Å². The van der Waals surface area contributed by atoms with Crippen LogP contribution in [0.25, 0.3) is 0 Å². The van der Waals surface area contributed by atoms with Crippen molar-refractivity contribution in [1.82, 2.24) is 0 Å². The fraction of sp³-hybridized carbons (Fsp3) is 0.143. The van der Waals surface area contributed by atoms with Crippen molar-refractivity contribution >= 4 is 27.0 Å². The Morgan fingerprint density at radius 2 is 0.818 bits per heavy atom. The van der Waals surface area contributed by atoms with Crippen LogP contribution in [0.4, 0.5) is 0 Å². The summed E-state index contributed by atoms with van der Waals surface area (Å²) >= 11 is 0. The summed E-state index contributed by atoms with van der Waals surface area (Å²) in [4.78, 5) is 0. The van der Waals surface area contributed by atoms with Crippen molar-refractivity contribution < 1.29 is 13.6 Å². The van der Waals surface area contributed by atoms with Crippen molar-refractivity contribution in [2.75, 3.05) is 0 Å². The van der Waals surface area contributed by atoms with Gasteiger partial charge >= 0.3 is 0 Å². The monoisotopic (exact) mass is 470 g/mol. The highest BCUT2D eigenvalue weighted by atomic mass is 28.4. The van der Waals surface area contributed by atoms with E-state index in [1.807, 2.05) is 84.9 Å². The Kier molecular flexibility index (Phi) is 6.84. The molecule has 3 nitrogen and oxygen atoms in total. The lowest BCUT2D eigenvalue weighted by atomic mass is 10.3. The Hall–Kier alpha value is -3.13. The van der Waals surface area contributed by atoms with Gasteiger partial charge in [0.25, 0.3) is 0 Å². The molecule has 4 aromatic rings. The molecule has 4 rings (SSSR count). The topological polar surface area (TPSA) is 27.7 Å². The largest absolute Gasteiger partial charge is 0.457 e. The molecule has 0 N–H and O–H groups in total. The standard InChI is InChI=1S/C28H30O3Si2/c1-32(2,3)31-33(4,27-21-13-11-19-25(27)29-23-15-7-5-8-16-23)28-22-14-12-20-26(28)30-24-17-9-6-10-18-24/h5-22H,1-4H3. The van der Waals surface area contributed by atoms with Crippen LogP contribution < -0.4 is 19.8 Å². The molecule has 0 saturated carbocycles. The molecule has 0 saturated heterocycles. The first-order valence-corrected chi connectivity index (χ1v) is 17.0. The number of ether oxygens (including phenoxy) is 2. The third-order valence-corrected chi connectivity index (χ3v) is 12.2. The van der Waals surface area contributed by atoms with E-state index in [2.05, 4.69) is 50.5 Å². The van der Waals surface area contributed by atoms with E-state index in [1.54, 1.807) is 0 Å². The van der Waals surface area contributed by atoms with Crippen LogP contribution in [0.1, 0.15) is 0 Å². The molecule has 0 aromatic heterocycles. The number of para-hydroxylation sites is 4. The van der Waals surface area contributed by atoms with E-state index < -0.39 is 16.6 Å². The molecule has 0 fully saturated rings. The molecule has 0 bridgehead atoms. The molecule has 0 aliphatic heterocycles. The lowest BCUT2D eigenvalue weighted by Crippen LogP contribution is -2.62. The first-order chi connectivity index (χ1) is 15.9. The minimum absolute atomic E-state index is 0.808. The molecule has 0 radical (unpaired) electrons. The Labute approximate surface area is 198 Å². The normalized spacial score (nSPS) is 11.8. The van der Waals surface area contributed by atoms with E-state index in [0.717, 1.165) is 33.4 Å². The highest BCUT2D eigenvalue weighted by Gasteiger charge is 2.42. The van der Waals surface area contributed by atoms with Crippen molar-refractivity contribution in [3.63, 3.8) is 0 Å². The maximum atomic E-state index is 7.07. The summed E-state index contributed by atoms with van der Waals surface area (Å²) in [6, 6.07) is 36.3. The van der Waals surface area contributed by atoms with Crippen LogP contribution in [0, 0.1) is 0 Å². The van der Waals surface area contributed by atoms with E-state index >= 15 is 0 Å². The number of rotatable bonds is 8. The third kappa shape index (κ3) is 5.63. The quantitative estimate of drug-likeness (QED) is 0.265. The maximum Gasteiger partial charge on any atom is 0.249 e. The zero-order chi connectivity index (χ0) is 23.3. The van der Waals surface area contributed by atoms with Crippen LogP contribution in [-0.4, -0.2) is 16.6 Å². The van der Waals surface area contributed by atoms with Crippen molar-refractivity contribution in [3.05, 3.63) is 109 Å². The Morgan fingerprint density at radius 1 is 0.455 bits per heavy atom. The number of hydrogen-bond donors (Lipinski definition) is 0. The van der Waals surface area contributed by atoms with Gasteiger partial charge in [0, 0.05) is 10.4 Å². The van der Waals surface area contributed by atoms with Crippen molar-refractivity contribution in [3.8, 4) is 23.0 Å². The van der Waals surface area contributed by atoms with Gasteiger partial charge in [-0.15, -0.1) is 0 Å². The molecule has 0 heterocycles. The number of benzene rings is 4. The molecule has 168 valence electrons. The van der Waals surface area contributed by atoms with E-state index in [-0.39, 0.29) is 0 Å². The van der Waals surface area contributed by atoms with Gasteiger partial charge < -0.3 is 13.6 Å². The van der Waals surface area contributed by atoms with E-state index in [1.165, 1.54) is 0 Å². The summed E-state index contributed by atoms with van der Waals surface area (Å²) in [6.07, 6.45) is 0. The molecular weight excluding hydrogens is 440 g/mol. The molecule has 0 aliphatic carbocycles. The first kappa shape index (κ1) is 23.0. The Balaban J connectivity index is 1.84. The molecule has 0 spiro atoms. The fourth-order valence-corrected chi connectivity index (χ4v) is 12.1. The Morgan fingerprint density at radius 3 is 1.21 bits per heavy atom. The SMILES string of the molecule is C[Si](C)(C)O[Si](C)(c1ccccc1Oc1ccccc1)c1ccccc1Oc1ccccc1. The van der Waals surface area contributed by atoms with E-state index in [9.17, 15) is 0 Å². The second-order valence-electron chi connectivity index (χ2n) is 9.07. The minimum atomic E-state index is -2.72.